The van der Waals surface area contributed by atoms with Crippen LogP contribution in [-0.4, -0.2) is 26.6 Å². The maximum atomic E-state index is 9.96. The number of hydrogen-bond acceptors (Lipinski definition) is 3. The zero-order valence-electron chi connectivity index (χ0n) is 8.12. The van der Waals surface area contributed by atoms with Crippen LogP contribution in [0.4, 0.5) is 5.69 Å². The minimum absolute atomic E-state index is 0.612. The molecule has 1 aromatic carbocycles. The van der Waals surface area contributed by atoms with E-state index in [1.54, 1.807) is 7.11 Å². The Labute approximate surface area is 83.3 Å². The molecule has 0 saturated heterocycles. The molecule has 0 atom stereocenters. The summed E-state index contributed by atoms with van der Waals surface area (Å²) in [5.41, 5.74) is 0.983. The van der Waals surface area contributed by atoms with Gasteiger partial charge in [-0.05, 0) is 12.1 Å². The molecule has 4 heteroatoms. The van der Waals surface area contributed by atoms with Crippen LogP contribution in [0.5, 0.6) is 5.75 Å². The van der Waals surface area contributed by atoms with Crippen molar-refractivity contribution < 1.29 is 9.53 Å². The summed E-state index contributed by atoms with van der Waals surface area (Å²) in [6.45, 7) is 1.31. The van der Waals surface area contributed by atoms with Gasteiger partial charge in [0.1, 0.15) is 5.75 Å². The smallest absolute Gasteiger partial charge is 0.207 e. The summed E-state index contributed by atoms with van der Waals surface area (Å²) < 4.78 is 5.07. The molecule has 76 valence electrons. The van der Waals surface area contributed by atoms with E-state index in [2.05, 4.69) is 10.6 Å². The van der Waals surface area contributed by atoms with Crippen LogP contribution in [0.1, 0.15) is 0 Å². The van der Waals surface area contributed by atoms with Gasteiger partial charge in [0, 0.05) is 24.8 Å². The van der Waals surface area contributed by atoms with E-state index in [-0.39, 0.29) is 0 Å². The highest BCUT2D eigenvalue weighted by molar-refractivity contribution is 5.49. The van der Waals surface area contributed by atoms with Crippen molar-refractivity contribution in [1.29, 1.82) is 0 Å². The van der Waals surface area contributed by atoms with E-state index in [1.807, 2.05) is 24.3 Å². The number of carbonyl (C=O) groups is 1. The Hall–Kier alpha value is -1.71. The zero-order valence-corrected chi connectivity index (χ0v) is 8.12. The number of carbonyl (C=O) groups excluding carboxylic acids is 1. The molecule has 0 spiro atoms. The van der Waals surface area contributed by atoms with Crippen LogP contribution in [-0.2, 0) is 4.79 Å². The number of amides is 1. The molecule has 0 aromatic heterocycles. The van der Waals surface area contributed by atoms with Gasteiger partial charge in [-0.25, -0.2) is 0 Å². The summed E-state index contributed by atoms with van der Waals surface area (Å²) in [4.78, 5) is 9.96. The van der Waals surface area contributed by atoms with Gasteiger partial charge in [-0.15, -0.1) is 0 Å². The Bertz CT molecular complexity index is 289. The van der Waals surface area contributed by atoms with E-state index in [0.717, 1.165) is 11.4 Å². The van der Waals surface area contributed by atoms with E-state index in [0.29, 0.717) is 19.5 Å². The quantitative estimate of drug-likeness (QED) is 0.521. The molecule has 4 nitrogen and oxygen atoms in total. The summed E-state index contributed by atoms with van der Waals surface area (Å²) in [7, 11) is 1.63. The molecular formula is C10H14N2O2. The van der Waals surface area contributed by atoms with Crippen molar-refractivity contribution in [1.82, 2.24) is 5.32 Å². The molecule has 2 N–H and O–H groups in total. The van der Waals surface area contributed by atoms with E-state index < -0.39 is 0 Å². The van der Waals surface area contributed by atoms with Crippen LogP contribution in [0, 0.1) is 0 Å². The molecule has 1 rings (SSSR count). The van der Waals surface area contributed by atoms with Crippen molar-refractivity contribution in [3.05, 3.63) is 24.3 Å². The second-order valence-corrected chi connectivity index (χ2v) is 2.73. The lowest BCUT2D eigenvalue weighted by Crippen LogP contribution is -2.20. The number of anilines is 1. The Morgan fingerprint density at radius 2 is 2.29 bits per heavy atom. The van der Waals surface area contributed by atoms with Gasteiger partial charge in [-0.1, -0.05) is 6.07 Å². The molecule has 0 heterocycles. The Morgan fingerprint density at radius 1 is 1.43 bits per heavy atom. The molecule has 0 aliphatic heterocycles. The molecular weight excluding hydrogens is 180 g/mol. The topological polar surface area (TPSA) is 50.4 Å². The summed E-state index contributed by atoms with van der Waals surface area (Å²) in [5, 5.41) is 5.73. The highest BCUT2D eigenvalue weighted by Gasteiger charge is 1.93. The summed E-state index contributed by atoms with van der Waals surface area (Å²) >= 11 is 0. The summed E-state index contributed by atoms with van der Waals surface area (Å²) in [5.74, 6) is 0.818. The van der Waals surface area contributed by atoms with Gasteiger partial charge in [0.2, 0.25) is 6.41 Å². The summed E-state index contributed by atoms with van der Waals surface area (Å²) in [6.07, 6.45) is 0.688. The average Bonchev–Trinajstić information content (AvgIpc) is 2.25. The van der Waals surface area contributed by atoms with Crippen LogP contribution in [0.3, 0.4) is 0 Å². The predicted molar refractivity (Wildman–Crippen MR) is 55.6 cm³/mol. The number of methoxy groups -OCH3 is 1. The van der Waals surface area contributed by atoms with Crippen LogP contribution in [0.2, 0.25) is 0 Å². The van der Waals surface area contributed by atoms with Crippen molar-refractivity contribution in [2.24, 2.45) is 0 Å². The van der Waals surface area contributed by atoms with Crippen molar-refractivity contribution in [3.63, 3.8) is 0 Å². The molecule has 0 unspecified atom stereocenters. The van der Waals surface area contributed by atoms with Crippen molar-refractivity contribution in [3.8, 4) is 5.75 Å². The van der Waals surface area contributed by atoms with Crippen LogP contribution < -0.4 is 15.4 Å². The van der Waals surface area contributed by atoms with Gasteiger partial charge < -0.3 is 15.4 Å². The van der Waals surface area contributed by atoms with Gasteiger partial charge in [-0.2, -0.15) is 0 Å². The molecule has 1 amide bonds. The zero-order chi connectivity index (χ0) is 10.2. The molecule has 0 bridgehead atoms. The van der Waals surface area contributed by atoms with E-state index >= 15 is 0 Å². The van der Waals surface area contributed by atoms with E-state index in [1.165, 1.54) is 0 Å². The molecule has 0 aliphatic rings. The Kier molecular flexibility index (Phi) is 4.34. The standard InChI is InChI=1S/C10H14N2O2/c1-14-10-4-2-3-9(7-10)12-6-5-11-8-13/h2-4,7-8,12H,5-6H2,1H3,(H,11,13). The Morgan fingerprint density at radius 3 is 3.00 bits per heavy atom. The minimum Gasteiger partial charge on any atom is -0.497 e. The van der Waals surface area contributed by atoms with Gasteiger partial charge in [0.25, 0.3) is 0 Å². The fraction of sp³-hybridized carbons (Fsp3) is 0.300. The average molecular weight is 194 g/mol. The molecule has 0 aliphatic carbocycles. The third-order valence-corrected chi connectivity index (χ3v) is 1.75. The normalized spacial score (nSPS) is 9.21. The van der Waals surface area contributed by atoms with E-state index in [9.17, 15) is 4.79 Å². The first-order chi connectivity index (χ1) is 6.86. The lowest BCUT2D eigenvalue weighted by atomic mass is 10.3. The third kappa shape index (κ3) is 3.35. The van der Waals surface area contributed by atoms with Gasteiger partial charge in [0.15, 0.2) is 0 Å². The highest BCUT2D eigenvalue weighted by Crippen LogP contribution is 2.15. The number of ether oxygens (including phenoxy) is 1. The first-order valence-electron chi connectivity index (χ1n) is 4.42. The number of hydrogen-bond donors (Lipinski definition) is 2. The second kappa shape index (κ2) is 5.85. The van der Waals surface area contributed by atoms with Crippen molar-refractivity contribution in [2.75, 3.05) is 25.5 Å². The fourth-order valence-electron chi connectivity index (χ4n) is 1.07. The number of rotatable bonds is 6. The third-order valence-electron chi connectivity index (χ3n) is 1.75. The van der Waals surface area contributed by atoms with Gasteiger partial charge >= 0.3 is 0 Å². The van der Waals surface area contributed by atoms with Crippen molar-refractivity contribution >= 4 is 12.1 Å². The van der Waals surface area contributed by atoms with Gasteiger partial charge in [0.05, 0.1) is 7.11 Å². The molecule has 0 saturated carbocycles. The number of nitrogens with one attached hydrogen (secondary N) is 2. The predicted octanol–water partition coefficient (Wildman–Crippen LogP) is 0.853. The van der Waals surface area contributed by atoms with E-state index in [4.69, 9.17) is 4.74 Å². The van der Waals surface area contributed by atoms with Gasteiger partial charge in [-0.3, -0.25) is 4.79 Å². The minimum atomic E-state index is 0.612. The first kappa shape index (κ1) is 10.4. The fourth-order valence-corrected chi connectivity index (χ4v) is 1.07. The maximum absolute atomic E-state index is 9.96. The van der Waals surface area contributed by atoms with Crippen LogP contribution in [0.15, 0.2) is 24.3 Å². The molecule has 1 aromatic rings. The molecule has 14 heavy (non-hydrogen) atoms. The lowest BCUT2D eigenvalue weighted by molar-refractivity contribution is -0.109. The monoisotopic (exact) mass is 194 g/mol. The Balaban J connectivity index is 2.38. The largest absolute Gasteiger partial charge is 0.497 e. The van der Waals surface area contributed by atoms with Crippen LogP contribution in [0.25, 0.3) is 0 Å². The maximum Gasteiger partial charge on any atom is 0.207 e. The number of benzene rings is 1. The van der Waals surface area contributed by atoms with Crippen molar-refractivity contribution in [2.45, 2.75) is 0 Å². The first-order valence-corrected chi connectivity index (χ1v) is 4.42. The lowest BCUT2D eigenvalue weighted by Gasteiger charge is -2.07. The molecule has 0 radical (unpaired) electrons. The second-order valence-electron chi connectivity index (χ2n) is 2.73. The van der Waals surface area contributed by atoms with Crippen LogP contribution >= 0.6 is 0 Å². The summed E-state index contributed by atoms with van der Waals surface area (Å²) in [6, 6.07) is 7.65. The highest BCUT2D eigenvalue weighted by atomic mass is 16.5. The SMILES string of the molecule is COc1cccc(NCCNC=O)c1. The molecule has 0 fully saturated rings.